The largest absolute Gasteiger partial charge is 0.342 e. The van der Waals surface area contributed by atoms with Gasteiger partial charge in [-0.15, -0.1) is 0 Å². The Bertz CT molecular complexity index is 640. The van der Waals surface area contributed by atoms with Crippen LogP contribution in [0.15, 0.2) is 29.2 Å². The zero-order valence-corrected chi connectivity index (χ0v) is 15.0. The Balaban J connectivity index is 1.99. The summed E-state index contributed by atoms with van der Waals surface area (Å²) in [4.78, 5) is 16.7. The average molecular weight is 338 g/mol. The van der Waals surface area contributed by atoms with Gasteiger partial charge < -0.3 is 9.80 Å². The van der Waals surface area contributed by atoms with Crippen LogP contribution in [0.2, 0.25) is 0 Å². The number of sulfone groups is 1. The van der Waals surface area contributed by atoms with Gasteiger partial charge in [0.15, 0.2) is 9.84 Å². The van der Waals surface area contributed by atoms with Crippen molar-refractivity contribution < 1.29 is 13.2 Å². The first-order chi connectivity index (χ1) is 10.8. The normalized spacial score (nSPS) is 19.0. The summed E-state index contributed by atoms with van der Waals surface area (Å²) in [6.07, 6.45) is 0.858. The molecule has 0 bridgehead atoms. The van der Waals surface area contributed by atoms with Crippen LogP contribution in [0.25, 0.3) is 0 Å². The fourth-order valence-corrected chi connectivity index (χ4v) is 4.16. The summed E-state index contributed by atoms with van der Waals surface area (Å²) in [5.74, 6) is 0.0519. The lowest BCUT2D eigenvalue weighted by Crippen LogP contribution is -2.39. The Morgan fingerprint density at radius 3 is 2.48 bits per heavy atom. The molecule has 0 aliphatic carbocycles. The Morgan fingerprint density at radius 2 is 1.96 bits per heavy atom. The summed E-state index contributed by atoms with van der Waals surface area (Å²) in [7, 11) is -1.35. The predicted molar refractivity (Wildman–Crippen MR) is 91.1 cm³/mol. The van der Waals surface area contributed by atoms with Crippen molar-refractivity contribution in [1.29, 1.82) is 0 Å². The lowest BCUT2D eigenvalue weighted by atomic mass is 10.1. The molecule has 1 fully saturated rings. The van der Waals surface area contributed by atoms with Gasteiger partial charge in [-0.1, -0.05) is 17.7 Å². The third-order valence-electron chi connectivity index (χ3n) is 4.44. The highest BCUT2D eigenvalue weighted by atomic mass is 32.2. The highest BCUT2D eigenvalue weighted by Gasteiger charge is 2.29. The van der Waals surface area contributed by atoms with Gasteiger partial charge in [0.25, 0.3) is 0 Å². The van der Waals surface area contributed by atoms with Gasteiger partial charge >= 0.3 is 0 Å². The summed E-state index contributed by atoms with van der Waals surface area (Å²) >= 11 is 0. The van der Waals surface area contributed by atoms with E-state index in [2.05, 4.69) is 4.90 Å². The molecule has 0 unspecified atom stereocenters. The van der Waals surface area contributed by atoms with Crippen molar-refractivity contribution in [3.05, 3.63) is 29.8 Å². The van der Waals surface area contributed by atoms with Crippen molar-refractivity contribution in [2.24, 2.45) is 5.92 Å². The zero-order chi connectivity index (χ0) is 17.0. The number of carbonyl (C=O) groups excluding carboxylic acids is 1. The number of amides is 1. The summed E-state index contributed by atoms with van der Waals surface area (Å²) in [5, 5.41) is 0. The number of hydrogen-bond acceptors (Lipinski definition) is 4. The molecule has 0 radical (unpaired) electrons. The Morgan fingerprint density at radius 1 is 1.30 bits per heavy atom. The Labute approximate surface area is 139 Å². The monoisotopic (exact) mass is 338 g/mol. The van der Waals surface area contributed by atoms with E-state index in [-0.39, 0.29) is 24.1 Å². The lowest BCUT2D eigenvalue weighted by molar-refractivity contribution is -0.134. The van der Waals surface area contributed by atoms with Gasteiger partial charge in [0.1, 0.15) is 0 Å². The Hall–Kier alpha value is -1.40. The van der Waals surface area contributed by atoms with Crippen LogP contribution in [-0.2, 0) is 14.6 Å². The fourth-order valence-electron chi connectivity index (χ4n) is 2.91. The van der Waals surface area contributed by atoms with E-state index in [1.165, 1.54) is 0 Å². The van der Waals surface area contributed by atoms with E-state index < -0.39 is 9.84 Å². The molecule has 5 nitrogen and oxygen atoms in total. The molecule has 1 amide bonds. The quantitative estimate of drug-likeness (QED) is 0.790. The molecule has 6 heteroatoms. The lowest BCUT2D eigenvalue weighted by Gasteiger charge is -2.24. The smallest absolute Gasteiger partial charge is 0.227 e. The van der Waals surface area contributed by atoms with Gasteiger partial charge in [-0.3, -0.25) is 4.79 Å². The molecule has 1 aliphatic heterocycles. The average Bonchev–Trinajstić information content (AvgIpc) is 2.94. The first-order valence-corrected chi connectivity index (χ1v) is 9.75. The summed E-state index contributed by atoms with van der Waals surface area (Å²) in [6, 6.07) is 6.86. The number of carbonyl (C=O) groups is 1. The van der Waals surface area contributed by atoms with Gasteiger partial charge in [0, 0.05) is 19.6 Å². The molecular weight excluding hydrogens is 312 g/mol. The van der Waals surface area contributed by atoms with Gasteiger partial charge in [0.05, 0.1) is 16.6 Å². The topological polar surface area (TPSA) is 57.7 Å². The van der Waals surface area contributed by atoms with Gasteiger partial charge in [-0.05, 0) is 46.0 Å². The van der Waals surface area contributed by atoms with Crippen molar-refractivity contribution in [2.75, 3.05) is 39.0 Å². The molecule has 1 atom stereocenters. The first kappa shape index (κ1) is 17.9. The van der Waals surface area contributed by atoms with Gasteiger partial charge in [0.2, 0.25) is 5.91 Å². The van der Waals surface area contributed by atoms with Crippen LogP contribution < -0.4 is 0 Å². The number of hydrogen-bond donors (Lipinski definition) is 0. The van der Waals surface area contributed by atoms with Crippen molar-refractivity contribution in [3.8, 4) is 0 Å². The molecule has 1 heterocycles. The van der Waals surface area contributed by atoms with Crippen LogP contribution in [0.3, 0.4) is 0 Å². The molecule has 1 aromatic carbocycles. The zero-order valence-electron chi connectivity index (χ0n) is 14.2. The standard InChI is InChI=1S/C17H26N2O3S/c1-4-19(17(20)15-9-10-18(3)13-15)11-12-23(21,22)16-7-5-14(2)6-8-16/h5-8,15H,4,9-13H2,1-3H3/t15-/m0/s1. The fraction of sp³-hybridized carbons (Fsp3) is 0.588. The van der Waals surface area contributed by atoms with E-state index in [9.17, 15) is 13.2 Å². The minimum atomic E-state index is -3.35. The van der Waals surface area contributed by atoms with E-state index in [0.29, 0.717) is 11.4 Å². The molecule has 128 valence electrons. The third-order valence-corrected chi connectivity index (χ3v) is 6.15. The second kappa shape index (κ2) is 7.45. The molecular formula is C17H26N2O3S. The van der Waals surface area contributed by atoms with E-state index >= 15 is 0 Å². The molecule has 2 rings (SSSR count). The Kier molecular flexibility index (Phi) is 5.81. The first-order valence-electron chi connectivity index (χ1n) is 8.10. The summed E-state index contributed by atoms with van der Waals surface area (Å²) in [6.45, 7) is 6.31. The number of likely N-dealkylation sites (tertiary alicyclic amines) is 1. The number of benzene rings is 1. The van der Waals surface area contributed by atoms with Gasteiger partial charge in [-0.2, -0.15) is 0 Å². The van der Waals surface area contributed by atoms with Crippen LogP contribution in [0, 0.1) is 12.8 Å². The highest BCUT2D eigenvalue weighted by molar-refractivity contribution is 7.91. The third kappa shape index (κ3) is 4.54. The van der Waals surface area contributed by atoms with Crippen molar-refractivity contribution >= 4 is 15.7 Å². The second-order valence-corrected chi connectivity index (χ2v) is 8.41. The molecule has 1 saturated heterocycles. The van der Waals surface area contributed by atoms with Crippen LogP contribution in [0.5, 0.6) is 0 Å². The van der Waals surface area contributed by atoms with Crippen LogP contribution in [0.1, 0.15) is 18.9 Å². The van der Waals surface area contributed by atoms with Crippen LogP contribution in [0.4, 0.5) is 0 Å². The number of rotatable bonds is 6. The molecule has 1 aliphatic rings. The molecule has 0 aromatic heterocycles. The highest BCUT2D eigenvalue weighted by Crippen LogP contribution is 2.18. The maximum absolute atomic E-state index is 12.5. The van der Waals surface area contributed by atoms with E-state index in [4.69, 9.17) is 0 Å². The predicted octanol–water partition coefficient (Wildman–Crippen LogP) is 1.57. The maximum Gasteiger partial charge on any atom is 0.227 e. The molecule has 0 saturated carbocycles. The van der Waals surface area contributed by atoms with Gasteiger partial charge in [-0.25, -0.2) is 8.42 Å². The number of nitrogens with zero attached hydrogens (tertiary/aromatic N) is 2. The van der Waals surface area contributed by atoms with Crippen molar-refractivity contribution in [3.63, 3.8) is 0 Å². The second-order valence-electron chi connectivity index (χ2n) is 6.30. The molecule has 23 heavy (non-hydrogen) atoms. The van der Waals surface area contributed by atoms with E-state index in [1.54, 1.807) is 29.2 Å². The SMILES string of the molecule is CCN(CCS(=O)(=O)c1ccc(C)cc1)C(=O)[C@H]1CCN(C)C1. The van der Waals surface area contributed by atoms with Crippen LogP contribution >= 0.6 is 0 Å². The van der Waals surface area contributed by atoms with E-state index in [1.807, 2.05) is 20.9 Å². The molecule has 1 aromatic rings. The van der Waals surface area contributed by atoms with Crippen LogP contribution in [-0.4, -0.2) is 63.1 Å². The summed E-state index contributed by atoms with van der Waals surface area (Å²) in [5.41, 5.74) is 1.03. The van der Waals surface area contributed by atoms with Crippen molar-refractivity contribution in [2.45, 2.75) is 25.2 Å². The van der Waals surface area contributed by atoms with E-state index in [0.717, 1.165) is 25.1 Å². The maximum atomic E-state index is 12.5. The summed E-state index contributed by atoms with van der Waals surface area (Å²) < 4.78 is 24.8. The number of aryl methyl sites for hydroxylation is 1. The molecule has 0 spiro atoms. The minimum absolute atomic E-state index is 0.00188. The minimum Gasteiger partial charge on any atom is -0.342 e. The van der Waals surface area contributed by atoms with Crippen molar-refractivity contribution in [1.82, 2.24) is 9.80 Å². The molecule has 0 N–H and O–H groups in total.